The Morgan fingerprint density at radius 3 is 2.14 bits per heavy atom. The summed E-state index contributed by atoms with van der Waals surface area (Å²) >= 11 is 0. The third-order valence-electron chi connectivity index (χ3n) is 1.42. The maximum atomic E-state index is 5.44. The highest BCUT2D eigenvalue weighted by molar-refractivity contribution is 5.22. The lowest BCUT2D eigenvalue weighted by molar-refractivity contribution is 0.337. The van der Waals surface area contributed by atoms with Crippen LogP contribution in [0.4, 0.5) is 0 Å². The molecule has 0 heterocycles. The third kappa shape index (κ3) is 6.06. The predicted octanol–water partition coefficient (Wildman–Crippen LogP) is 4.13. The summed E-state index contributed by atoms with van der Waals surface area (Å²) in [6.45, 7) is 13.3. The minimum Gasteiger partial charge on any atom is -0.458 e. The highest BCUT2D eigenvalue weighted by atomic mass is 16.5. The van der Waals surface area contributed by atoms with E-state index < -0.39 is 0 Å². The largest absolute Gasteiger partial charge is 0.458 e. The number of hydrogen-bond donors (Lipinski definition) is 0. The van der Waals surface area contributed by atoms with E-state index in [1.54, 1.807) is 6.08 Å². The van der Waals surface area contributed by atoms with Crippen molar-refractivity contribution in [1.29, 1.82) is 0 Å². The zero-order valence-corrected chi connectivity index (χ0v) is 9.21. The van der Waals surface area contributed by atoms with Gasteiger partial charge >= 0.3 is 0 Å². The van der Waals surface area contributed by atoms with Crippen molar-refractivity contribution in [3.63, 3.8) is 0 Å². The second kappa shape index (κ2) is 6.96. The molecule has 0 aliphatic carbocycles. The van der Waals surface area contributed by atoms with Crippen LogP contribution in [0.3, 0.4) is 0 Å². The Bertz CT molecular complexity index is 290. The Morgan fingerprint density at radius 2 is 1.71 bits per heavy atom. The fourth-order valence-corrected chi connectivity index (χ4v) is 0.774. The molecule has 0 rings (SSSR count). The Labute approximate surface area is 86.8 Å². The van der Waals surface area contributed by atoms with Gasteiger partial charge in [-0.25, -0.2) is 0 Å². The van der Waals surface area contributed by atoms with Crippen LogP contribution in [0.1, 0.15) is 20.8 Å². The van der Waals surface area contributed by atoms with Crippen LogP contribution in [0.2, 0.25) is 0 Å². The number of allylic oxidation sites excluding steroid dienone is 6. The van der Waals surface area contributed by atoms with Crippen molar-refractivity contribution in [2.45, 2.75) is 20.8 Å². The lowest BCUT2D eigenvalue weighted by Crippen LogP contribution is -1.86. The van der Waals surface area contributed by atoms with Crippen molar-refractivity contribution in [2.24, 2.45) is 0 Å². The van der Waals surface area contributed by atoms with Crippen molar-refractivity contribution < 1.29 is 4.74 Å². The molecule has 76 valence electrons. The summed E-state index contributed by atoms with van der Waals surface area (Å²) in [5.74, 6) is 1.41. The molecule has 0 aromatic heterocycles. The van der Waals surface area contributed by atoms with Crippen LogP contribution in [0, 0.1) is 0 Å². The second-order valence-electron chi connectivity index (χ2n) is 2.94. The Balaban J connectivity index is 4.25. The van der Waals surface area contributed by atoms with Gasteiger partial charge in [0.05, 0.1) is 0 Å². The molecule has 0 aliphatic rings. The highest BCUT2D eigenvalue weighted by Gasteiger charge is 1.92. The maximum absolute atomic E-state index is 5.44. The first kappa shape index (κ1) is 12.5. The summed E-state index contributed by atoms with van der Waals surface area (Å²) in [4.78, 5) is 0. The van der Waals surface area contributed by atoms with Crippen LogP contribution in [-0.2, 0) is 4.74 Å². The van der Waals surface area contributed by atoms with Gasteiger partial charge in [-0.1, -0.05) is 30.9 Å². The van der Waals surface area contributed by atoms with Gasteiger partial charge in [-0.05, 0) is 39.0 Å². The van der Waals surface area contributed by atoms with Gasteiger partial charge in [0.15, 0.2) is 0 Å². The van der Waals surface area contributed by atoms with Crippen molar-refractivity contribution >= 4 is 0 Å². The van der Waals surface area contributed by atoms with E-state index in [9.17, 15) is 0 Å². The van der Waals surface area contributed by atoms with Crippen LogP contribution in [0.15, 0.2) is 60.6 Å². The van der Waals surface area contributed by atoms with Crippen molar-refractivity contribution in [3.8, 4) is 0 Å². The summed E-state index contributed by atoms with van der Waals surface area (Å²) in [5.41, 5.74) is 0.975. The standard InChI is InChI=1S/C13H18O/c1-6-8-13(7-2)14-12(5)10-9-11(3)4/h6-10H,3,5H2,1-2,4H3/b8-6-,10-9-,13-7+. The minimum atomic E-state index is 0.610. The average Bonchev–Trinajstić information content (AvgIpc) is 2.14. The smallest absolute Gasteiger partial charge is 0.122 e. The van der Waals surface area contributed by atoms with Gasteiger partial charge in [0.1, 0.15) is 11.5 Å². The van der Waals surface area contributed by atoms with Crippen LogP contribution in [0.5, 0.6) is 0 Å². The summed E-state index contributed by atoms with van der Waals surface area (Å²) in [6, 6.07) is 0. The van der Waals surface area contributed by atoms with E-state index in [4.69, 9.17) is 4.74 Å². The van der Waals surface area contributed by atoms with Crippen LogP contribution >= 0.6 is 0 Å². The van der Waals surface area contributed by atoms with Gasteiger partial charge in [0.25, 0.3) is 0 Å². The van der Waals surface area contributed by atoms with Crippen molar-refractivity contribution in [2.75, 3.05) is 0 Å². The summed E-state index contributed by atoms with van der Waals surface area (Å²) < 4.78 is 5.44. The van der Waals surface area contributed by atoms with E-state index in [-0.39, 0.29) is 0 Å². The van der Waals surface area contributed by atoms with Crippen molar-refractivity contribution in [1.82, 2.24) is 0 Å². The molecule has 0 N–H and O–H groups in total. The van der Waals surface area contributed by atoms with Crippen molar-refractivity contribution in [3.05, 3.63) is 60.6 Å². The summed E-state index contributed by atoms with van der Waals surface area (Å²) in [6.07, 6.45) is 9.37. The van der Waals surface area contributed by atoms with E-state index in [1.807, 2.05) is 45.1 Å². The second-order valence-corrected chi connectivity index (χ2v) is 2.94. The van der Waals surface area contributed by atoms with Gasteiger partial charge in [-0.2, -0.15) is 0 Å². The monoisotopic (exact) mass is 190 g/mol. The molecule has 0 atom stereocenters. The fourth-order valence-electron chi connectivity index (χ4n) is 0.774. The Morgan fingerprint density at radius 1 is 1.07 bits per heavy atom. The summed E-state index contributed by atoms with van der Waals surface area (Å²) in [5, 5.41) is 0. The van der Waals surface area contributed by atoms with Crippen LogP contribution in [-0.4, -0.2) is 0 Å². The van der Waals surface area contributed by atoms with Gasteiger partial charge in [-0.3, -0.25) is 0 Å². The van der Waals surface area contributed by atoms with Gasteiger partial charge in [0, 0.05) is 0 Å². The molecule has 0 amide bonds. The van der Waals surface area contributed by atoms with E-state index >= 15 is 0 Å². The predicted molar refractivity (Wildman–Crippen MR) is 62.8 cm³/mol. The molecule has 0 unspecified atom stereocenters. The zero-order valence-electron chi connectivity index (χ0n) is 9.21. The lowest BCUT2D eigenvalue weighted by Gasteiger charge is -2.04. The molecule has 0 radical (unpaired) electrons. The van der Waals surface area contributed by atoms with E-state index in [1.165, 1.54) is 0 Å². The first-order valence-corrected chi connectivity index (χ1v) is 4.59. The molecule has 0 aromatic carbocycles. The minimum absolute atomic E-state index is 0.610. The topological polar surface area (TPSA) is 9.23 Å². The normalized spacial score (nSPS) is 12.4. The molecule has 0 aliphatic heterocycles. The third-order valence-corrected chi connectivity index (χ3v) is 1.42. The van der Waals surface area contributed by atoms with Gasteiger partial charge in [-0.15, -0.1) is 0 Å². The molecule has 0 saturated carbocycles. The van der Waals surface area contributed by atoms with E-state index in [0.29, 0.717) is 5.76 Å². The molecule has 14 heavy (non-hydrogen) atoms. The maximum Gasteiger partial charge on any atom is 0.122 e. The quantitative estimate of drug-likeness (QED) is 0.468. The van der Waals surface area contributed by atoms with E-state index in [0.717, 1.165) is 11.3 Å². The SMILES string of the molecule is C=C(C)/C=C\C(=C)OC(/C=C\C)=C/C. The molecule has 0 aromatic rings. The Hall–Kier alpha value is -1.50. The Kier molecular flexibility index (Phi) is 6.21. The molecule has 1 heteroatoms. The molecule has 1 nitrogen and oxygen atoms in total. The first-order valence-electron chi connectivity index (χ1n) is 4.59. The van der Waals surface area contributed by atoms with Crippen LogP contribution < -0.4 is 0 Å². The first-order chi connectivity index (χ1) is 6.60. The number of hydrogen-bond acceptors (Lipinski definition) is 1. The number of rotatable bonds is 5. The van der Waals surface area contributed by atoms with Gasteiger partial charge in [0.2, 0.25) is 0 Å². The molecule has 0 saturated heterocycles. The fraction of sp³-hybridized carbons (Fsp3) is 0.231. The lowest BCUT2D eigenvalue weighted by atomic mass is 10.3. The van der Waals surface area contributed by atoms with Gasteiger partial charge < -0.3 is 4.74 Å². The summed E-state index contributed by atoms with van der Waals surface area (Å²) in [7, 11) is 0. The zero-order chi connectivity index (χ0) is 11.0. The molecular weight excluding hydrogens is 172 g/mol. The molecule has 0 spiro atoms. The highest BCUT2D eigenvalue weighted by Crippen LogP contribution is 2.08. The van der Waals surface area contributed by atoms with E-state index in [2.05, 4.69) is 13.2 Å². The molecular formula is C13H18O. The molecule has 0 bridgehead atoms. The average molecular weight is 190 g/mol. The molecule has 0 fully saturated rings. The number of ether oxygens (including phenoxy) is 1. The van der Waals surface area contributed by atoms with Crippen LogP contribution in [0.25, 0.3) is 0 Å².